The standard InChI is InChI=1S/C15H19N3OS2/c1-3-11(2)14(19)16-15-18-17-13(21-15)10-20-9-12-7-5-4-6-8-12/h4-8,11H,3,9-10H2,1-2H3,(H,16,18,19). The normalized spacial score (nSPS) is 12.1. The highest BCUT2D eigenvalue weighted by Crippen LogP contribution is 2.23. The zero-order valence-corrected chi connectivity index (χ0v) is 13.8. The van der Waals surface area contributed by atoms with Crippen LogP contribution in [0.1, 0.15) is 30.8 Å². The van der Waals surface area contributed by atoms with E-state index in [1.165, 1.54) is 16.9 Å². The molecule has 0 bridgehead atoms. The smallest absolute Gasteiger partial charge is 0.229 e. The van der Waals surface area contributed by atoms with Crippen molar-refractivity contribution in [1.82, 2.24) is 10.2 Å². The Hall–Kier alpha value is -1.40. The van der Waals surface area contributed by atoms with Crippen molar-refractivity contribution in [2.75, 3.05) is 5.32 Å². The Morgan fingerprint density at radius 1 is 1.29 bits per heavy atom. The van der Waals surface area contributed by atoms with Crippen LogP contribution in [0.4, 0.5) is 5.13 Å². The van der Waals surface area contributed by atoms with Crippen molar-refractivity contribution >= 4 is 34.1 Å². The highest BCUT2D eigenvalue weighted by atomic mass is 32.2. The number of amides is 1. The number of benzene rings is 1. The van der Waals surface area contributed by atoms with E-state index < -0.39 is 0 Å². The summed E-state index contributed by atoms with van der Waals surface area (Å²) in [7, 11) is 0. The molecule has 1 heterocycles. The molecule has 1 N–H and O–H groups in total. The van der Waals surface area contributed by atoms with Gasteiger partial charge in [-0.1, -0.05) is 55.5 Å². The van der Waals surface area contributed by atoms with Gasteiger partial charge in [-0.25, -0.2) is 0 Å². The fourth-order valence-electron chi connectivity index (χ4n) is 1.61. The van der Waals surface area contributed by atoms with E-state index in [2.05, 4.69) is 27.6 Å². The van der Waals surface area contributed by atoms with Crippen LogP contribution in [0.2, 0.25) is 0 Å². The van der Waals surface area contributed by atoms with E-state index in [9.17, 15) is 4.79 Å². The van der Waals surface area contributed by atoms with E-state index in [0.29, 0.717) is 5.13 Å². The second-order valence-corrected chi connectivity index (χ2v) is 6.83. The Bertz CT molecular complexity index is 571. The number of thioether (sulfide) groups is 1. The number of nitrogens with zero attached hydrogens (tertiary/aromatic N) is 2. The molecule has 1 amide bonds. The fourth-order valence-corrected chi connectivity index (χ4v) is 3.39. The van der Waals surface area contributed by atoms with Crippen LogP contribution in [-0.2, 0) is 16.3 Å². The number of aromatic nitrogens is 2. The Morgan fingerprint density at radius 3 is 2.76 bits per heavy atom. The number of carbonyl (C=O) groups excluding carboxylic acids is 1. The second kappa shape index (κ2) is 8.14. The summed E-state index contributed by atoms with van der Waals surface area (Å²) in [6.45, 7) is 3.91. The van der Waals surface area contributed by atoms with Crippen LogP contribution in [0.15, 0.2) is 30.3 Å². The molecule has 2 aromatic rings. The van der Waals surface area contributed by atoms with Gasteiger partial charge >= 0.3 is 0 Å². The average Bonchev–Trinajstić information content (AvgIpc) is 2.95. The van der Waals surface area contributed by atoms with Crippen molar-refractivity contribution in [1.29, 1.82) is 0 Å². The summed E-state index contributed by atoms with van der Waals surface area (Å²) in [6, 6.07) is 10.3. The predicted molar refractivity (Wildman–Crippen MR) is 89.4 cm³/mol. The van der Waals surface area contributed by atoms with Gasteiger partial charge in [0.25, 0.3) is 0 Å². The zero-order chi connectivity index (χ0) is 15.1. The first-order chi connectivity index (χ1) is 10.2. The van der Waals surface area contributed by atoms with E-state index >= 15 is 0 Å². The van der Waals surface area contributed by atoms with Crippen LogP contribution >= 0.6 is 23.1 Å². The first-order valence-corrected chi connectivity index (χ1v) is 8.91. The summed E-state index contributed by atoms with van der Waals surface area (Å²) in [5.74, 6) is 1.78. The Kier molecular flexibility index (Phi) is 6.20. The van der Waals surface area contributed by atoms with Crippen LogP contribution in [0.5, 0.6) is 0 Å². The van der Waals surface area contributed by atoms with Gasteiger partial charge in [-0.05, 0) is 12.0 Å². The van der Waals surface area contributed by atoms with Crippen molar-refractivity contribution in [3.05, 3.63) is 40.9 Å². The monoisotopic (exact) mass is 321 g/mol. The maximum Gasteiger partial charge on any atom is 0.229 e. The van der Waals surface area contributed by atoms with Crippen molar-refractivity contribution in [2.45, 2.75) is 31.8 Å². The molecule has 0 aliphatic rings. The first kappa shape index (κ1) is 16.0. The molecular formula is C15H19N3OS2. The minimum absolute atomic E-state index is 0.00445. The number of hydrogen-bond acceptors (Lipinski definition) is 5. The molecular weight excluding hydrogens is 302 g/mol. The van der Waals surface area contributed by atoms with Crippen LogP contribution in [0.25, 0.3) is 0 Å². The van der Waals surface area contributed by atoms with Crippen LogP contribution in [0, 0.1) is 5.92 Å². The molecule has 0 spiro atoms. The average molecular weight is 321 g/mol. The van der Waals surface area contributed by atoms with Gasteiger partial charge in [-0.3, -0.25) is 4.79 Å². The molecule has 112 valence electrons. The van der Waals surface area contributed by atoms with Crippen molar-refractivity contribution in [2.24, 2.45) is 5.92 Å². The number of rotatable bonds is 7. The molecule has 0 fully saturated rings. The Morgan fingerprint density at radius 2 is 2.05 bits per heavy atom. The van der Waals surface area contributed by atoms with Gasteiger partial charge < -0.3 is 5.32 Å². The first-order valence-electron chi connectivity index (χ1n) is 6.94. The van der Waals surface area contributed by atoms with E-state index in [1.807, 2.05) is 32.0 Å². The Balaban J connectivity index is 1.79. The van der Waals surface area contributed by atoms with Crippen LogP contribution in [-0.4, -0.2) is 16.1 Å². The summed E-state index contributed by atoms with van der Waals surface area (Å²) in [5, 5.41) is 12.5. The number of carbonyl (C=O) groups is 1. The van der Waals surface area contributed by atoms with Gasteiger partial charge in [0, 0.05) is 17.4 Å². The highest BCUT2D eigenvalue weighted by Gasteiger charge is 2.13. The quantitative estimate of drug-likeness (QED) is 0.839. The summed E-state index contributed by atoms with van der Waals surface area (Å²) in [5.41, 5.74) is 1.30. The summed E-state index contributed by atoms with van der Waals surface area (Å²) < 4.78 is 0. The lowest BCUT2D eigenvalue weighted by molar-refractivity contribution is -0.119. The summed E-state index contributed by atoms with van der Waals surface area (Å²) >= 11 is 3.25. The molecule has 0 aliphatic heterocycles. The van der Waals surface area contributed by atoms with Gasteiger partial charge in [-0.2, -0.15) is 0 Å². The largest absolute Gasteiger partial charge is 0.300 e. The van der Waals surface area contributed by atoms with E-state index in [4.69, 9.17) is 0 Å². The summed E-state index contributed by atoms with van der Waals surface area (Å²) in [6.07, 6.45) is 0.824. The number of anilines is 1. The molecule has 6 heteroatoms. The molecule has 4 nitrogen and oxygen atoms in total. The van der Waals surface area contributed by atoms with Crippen molar-refractivity contribution < 1.29 is 4.79 Å². The third-order valence-corrected chi connectivity index (χ3v) is 5.13. The molecule has 1 aromatic carbocycles. The van der Waals surface area contributed by atoms with E-state index in [1.54, 1.807) is 11.8 Å². The minimum Gasteiger partial charge on any atom is -0.300 e. The molecule has 1 unspecified atom stereocenters. The van der Waals surface area contributed by atoms with Gasteiger partial charge in [0.05, 0.1) is 0 Å². The molecule has 21 heavy (non-hydrogen) atoms. The Labute approximate surface area is 133 Å². The maximum absolute atomic E-state index is 11.8. The molecule has 0 saturated heterocycles. The van der Waals surface area contributed by atoms with Crippen LogP contribution in [0.3, 0.4) is 0 Å². The van der Waals surface area contributed by atoms with Crippen molar-refractivity contribution in [3.8, 4) is 0 Å². The highest BCUT2D eigenvalue weighted by molar-refractivity contribution is 7.97. The van der Waals surface area contributed by atoms with Gasteiger partial charge in [0.1, 0.15) is 5.01 Å². The number of nitrogens with one attached hydrogen (secondary N) is 1. The zero-order valence-electron chi connectivity index (χ0n) is 12.2. The third kappa shape index (κ3) is 5.13. The maximum atomic E-state index is 11.8. The van der Waals surface area contributed by atoms with E-state index in [0.717, 1.165) is 22.9 Å². The van der Waals surface area contributed by atoms with Gasteiger partial charge in [0.2, 0.25) is 11.0 Å². The van der Waals surface area contributed by atoms with Gasteiger partial charge in [0.15, 0.2) is 0 Å². The third-order valence-electron chi connectivity index (χ3n) is 3.09. The molecule has 0 radical (unpaired) electrons. The summed E-state index contributed by atoms with van der Waals surface area (Å²) in [4.78, 5) is 11.8. The number of hydrogen-bond donors (Lipinski definition) is 1. The molecule has 1 aromatic heterocycles. The van der Waals surface area contributed by atoms with Crippen molar-refractivity contribution in [3.63, 3.8) is 0 Å². The topological polar surface area (TPSA) is 54.9 Å². The lowest BCUT2D eigenvalue weighted by Crippen LogP contribution is -2.19. The van der Waals surface area contributed by atoms with E-state index in [-0.39, 0.29) is 11.8 Å². The lowest BCUT2D eigenvalue weighted by atomic mass is 10.1. The molecule has 2 rings (SSSR count). The molecule has 0 saturated carbocycles. The fraction of sp³-hybridized carbons (Fsp3) is 0.400. The minimum atomic E-state index is 0.00445. The molecule has 0 aliphatic carbocycles. The van der Waals surface area contributed by atoms with Gasteiger partial charge in [-0.15, -0.1) is 22.0 Å². The molecule has 1 atom stereocenters. The van der Waals surface area contributed by atoms with Crippen LogP contribution < -0.4 is 5.32 Å². The second-order valence-electron chi connectivity index (χ2n) is 4.78. The SMILES string of the molecule is CCC(C)C(=O)Nc1nnc(CSCc2ccccc2)s1. The lowest BCUT2D eigenvalue weighted by Gasteiger charge is -2.06. The predicted octanol–water partition coefficient (Wildman–Crippen LogP) is 3.96.